The van der Waals surface area contributed by atoms with Crippen molar-refractivity contribution in [3.05, 3.63) is 68.9 Å². The van der Waals surface area contributed by atoms with Crippen molar-refractivity contribution in [2.24, 2.45) is 9.98 Å². The number of fused-ring (bicyclic) bond motifs is 1. The SMILES string of the molecule is CC(=O)c1cccc(NC(=O)CS[C@@H]2N=c3ccc([N+](=O)[O-])cc3=N2)c1. The van der Waals surface area contributed by atoms with Gasteiger partial charge in [0.2, 0.25) is 5.91 Å². The molecule has 26 heavy (non-hydrogen) atoms. The molecular formula is C17H14N4O4S. The number of hydrogen-bond acceptors (Lipinski definition) is 7. The first-order valence-electron chi connectivity index (χ1n) is 7.65. The second-order valence-electron chi connectivity index (χ2n) is 5.51. The van der Waals surface area contributed by atoms with Crippen LogP contribution in [-0.4, -0.2) is 27.9 Å². The van der Waals surface area contributed by atoms with Crippen LogP contribution in [0.5, 0.6) is 0 Å². The number of nitro benzene ring substituents is 1. The van der Waals surface area contributed by atoms with Crippen LogP contribution in [0.4, 0.5) is 11.4 Å². The van der Waals surface area contributed by atoms with E-state index in [9.17, 15) is 19.7 Å². The highest BCUT2D eigenvalue weighted by Gasteiger charge is 2.15. The molecule has 0 saturated heterocycles. The first-order valence-corrected chi connectivity index (χ1v) is 8.70. The number of anilines is 1. The Morgan fingerprint density at radius 2 is 1.96 bits per heavy atom. The van der Waals surface area contributed by atoms with E-state index in [4.69, 9.17) is 0 Å². The smallest absolute Gasteiger partial charge is 0.271 e. The van der Waals surface area contributed by atoms with Crippen molar-refractivity contribution >= 4 is 34.8 Å². The van der Waals surface area contributed by atoms with Gasteiger partial charge in [0.05, 0.1) is 21.4 Å². The Balaban J connectivity index is 1.61. The summed E-state index contributed by atoms with van der Waals surface area (Å²) in [5.41, 5.74) is 0.508. The van der Waals surface area contributed by atoms with E-state index in [1.807, 2.05) is 0 Å². The Hall–Kier alpha value is -3.07. The molecule has 0 fully saturated rings. The summed E-state index contributed by atoms with van der Waals surface area (Å²) in [7, 11) is 0. The minimum Gasteiger partial charge on any atom is -0.325 e. The summed E-state index contributed by atoms with van der Waals surface area (Å²) in [6.07, 6.45) is 0. The molecule has 3 rings (SSSR count). The molecule has 0 aromatic heterocycles. The highest BCUT2D eigenvalue weighted by Crippen LogP contribution is 2.17. The van der Waals surface area contributed by atoms with Crippen molar-refractivity contribution in [3.63, 3.8) is 0 Å². The number of hydrogen-bond donors (Lipinski definition) is 1. The lowest BCUT2D eigenvalue weighted by Crippen LogP contribution is -2.21. The zero-order valence-corrected chi connectivity index (χ0v) is 14.5. The average Bonchev–Trinajstić information content (AvgIpc) is 3.02. The summed E-state index contributed by atoms with van der Waals surface area (Å²) < 4.78 is 0. The molecule has 2 aromatic rings. The molecule has 1 heterocycles. The molecule has 0 radical (unpaired) electrons. The van der Waals surface area contributed by atoms with Gasteiger partial charge in [0, 0.05) is 23.4 Å². The van der Waals surface area contributed by atoms with Gasteiger partial charge in [-0.05, 0) is 25.1 Å². The normalized spacial score (nSPS) is 14.7. The fourth-order valence-electron chi connectivity index (χ4n) is 2.34. The third-order valence-corrected chi connectivity index (χ3v) is 4.52. The summed E-state index contributed by atoms with van der Waals surface area (Å²) >= 11 is 1.21. The summed E-state index contributed by atoms with van der Waals surface area (Å²) in [4.78, 5) is 42.3. The number of ketones is 1. The number of benzene rings is 2. The van der Waals surface area contributed by atoms with Gasteiger partial charge >= 0.3 is 0 Å². The Morgan fingerprint density at radius 3 is 2.69 bits per heavy atom. The fourth-order valence-corrected chi connectivity index (χ4v) is 3.09. The van der Waals surface area contributed by atoms with Gasteiger partial charge in [-0.25, -0.2) is 9.98 Å². The van der Waals surface area contributed by atoms with E-state index in [0.717, 1.165) is 0 Å². The van der Waals surface area contributed by atoms with Crippen LogP contribution >= 0.6 is 11.8 Å². The van der Waals surface area contributed by atoms with Crippen LogP contribution < -0.4 is 16.0 Å². The van der Waals surface area contributed by atoms with Crippen LogP contribution in [0.25, 0.3) is 0 Å². The molecule has 2 aromatic carbocycles. The van der Waals surface area contributed by atoms with E-state index >= 15 is 0 Å². The van der Waals surface area contributed by atoms with Crippen LogP contribution in [0.2, 0.25) is 0 Å². The van der Waals surface area contributed by atoms with Crippen LogP contribution in [-0.2, 0) is 4.79 Å². The van der Waals surface area contributed by atoms with Gasteiger partial charge in [-0.2, -0.15) is 0 Å². The average molecular weight is 370 g/mol. The molecule has 8 nitrogen and oxygen atoms in total. The van der Waals surface area contributed by atoms with E-state index < -0.39 is 10.4 Å². The Bertz CT molecular complexity index is 1020. The summed E-state index contributed by atoms with van der Waals surface area (Å²) in [6.45, 7) is 1.46. The van der Waals surface area contributed by atoms with E-state index in [1.165, 1.54) is 30.8 Å². The van der Waals surface area contributed by atoms with Crippen LogP contribution in [0.15, 0.2) is 52.4 Å². The molecule has 1 atom stereocenters. The van der Waals surface area contributed by atoms with E-state index in [2.05, 4.69) is 15.3 Å². The molecule has 0 unspecified atom stereocenters. The number of nitro groups is 1. The van der Waals surface area contributed by atoms with E-state index in [-0.39, 0.29) is 23.1 Å². The zero-order chi connectivity index (χ0) is 18.7. The standard InChI is InChI=1S/C17H14N4O4S/c1-10(22)11-3-2-4-12(7-11)18-16(23)9-26-17-19-14-6-5-13(21(24)25)8-15(14)20-17/h2-8,17H,9H2,1H3,(H,18,23)/t17-/m1/s1. The van der Waals surface area contributed by atoms with Gasteiger partial charge in [0.1, 0.15) is 0 Å². The van der Waals surface area contributed by atoms with Crippen LogP contribution in [0, 0.1) is 10.1 Å². The number of Topliss-reactive ketones (excluding diaryl/α,β-unsaturated/α-hetero) is 1. The molecule has 0 saturated carbocycles. The predicted molar refractivity (Wildman–Crippen MR) is 96.7 cm³/mol. The second kappa shape index (κ2) is 7.44. The lowest BCUT2D eigenvalue weighted by molar-refractivity contribution is -0.385. The predicted octanol–water partition coefficient (Wildman–Crippen LogP) is 1.71. The molecule has 1 N–H and O–H groups in total. The van der Waals surface area contributed by atoms with Crippen molar-refractivity contribution in [2.75, 3.05) is 11.1 Å². The zero-order valence-electron chi connectivity index (χ0n) is 13.7. The number of carbonyl (C=O) groups is 2. The molecular weight excluding hydrogens is 356 g/mol. The molecule has 0 bridgehead atoms. The van der Waals surface area contributed by atoms with Gasteiger partial charge < -0.3 is 5.32 Å². The largest absolute Gasteiger partial charge is 0.325 e. The van der Waals surface area contributed by atoms with E-state index in [1.54, 1.807) is 30.3 Å². The maximum atomic E-state index is 12.1. The number of thioether (sulfide) groups is 1. The van der Waals surface area contributed by atoms with Crippen molar-refractivity contribution < 1.29 is 14.5 Å². The Morgan fingerprint density at radius 1 is 1.19 bits per heavy atom. The Labute approximate surface area is 152 Å². The molecule has 9 heteroatoms. The van der Waals surface area contributed by atoms with Gasteiger partial charge in [-0.3, -0.25) is 19.7 Å². The number of non-ortho nitro benzene ring substituents is 1. The molecule has 1 amide bonds. The minimum atomic E-state index is -0.513. The summed E-state index contributed by atoms with van der Waals surface area (Å²) in [5, 5.41) is 14.5. The first-order chi connectivity index (χ1) is 12.4. The third-order valence-electron chi connectivity index (χ3n) is 3.59. The lowest BCUT2D eigenvalue weighted by Gasteiger charge is -2.07. The minimum absolute atomic E-state index is 0.0450. The van der Waals surface area contributed by atoms with Crippen molar-refractivity contribution in [3.8, 4) is 0 Å². The monoisotopic (exact) mass is 370 g/mol. The van der Waals surface area contributed by atoms with Gasteiger partial charge in [0.25, 0.3) is 5.69 Å². The summed E-state index contributed by atoms with van der Waals surface area (Å²) in [5.74, 6) is -0.216. The third kappa shape index (κ3) is 4.12. The topological polar surface area (TPSA) is 114 Å². The molecule has 0 aliphatic carbocycles. The second-order valence-corrected chi connectivity index (χ2v) is 6.55. The molecule has 1 aliphatic heterocycles. The highest BCUT2D eigenvalue weighted by molar-refractivity contribution is 8.00. The van der Waals surface area contributed by atoms with Crippen LogP contribution in [0.3, 0.4) is 0 Å². The number of amides is 1. The first kappa shape index (κ1) is 17.7. The fraction of sp³-hybridized carbons (Fsp3) is 0.176. The van der Waals surface area contributed by atoms with Crippen LogP contribution in [0.1, 0.15) is 17.3 Å². The number of carbonyl (C=O) groups excluding carboxylic acids is 2. The molecule has 132 valence electrons. The quantitative estimate of drug-likeness (QED) is 0.472. The highest BCUT2D eigenvalue weighted by atomic mass is 32.2. The number of nitrogens with one attached hydrogen (secondary N) is 1. The molecule has 0 spiro atoms. The van der Waals surface area contributed by atoms with Crippen molar-refractivity contribution in [2.45, 2.75) is 12.4 Å². The van der Waals surface area contributed by atoms with Crippen molar-refractivity contribution in [1.29, 1.82) is 0 Å². The van der Waals surface area contributed by atoms with Gasteiger partial charge in [-0.15, -0.1) is 11.8 Å². The van der Waals surface area contributed by atoms with Gasteiger partial charge in [-0.1, -0.05) is 12.1 Å². The summed E-state index contributed by atoms with van der Waals surface area (Å²) in [6, 6.07) is 11.0. The number of rotatable bonds is 6. The maximum Gasteiger partial charge on any atom is 0.271 e. The Kier molecular flexibility index (Phi) is 5.08. The molecule has 1 aliphatic rings. The van der Waals surface area contributed by atoms with Crippen molar-refractivity contribution in [1.82, 2.24) is 0 Å². The van der Waals surface area contributed by atoms with Gasteiger partial charge in [0.15, 0.2) is 11.3 Å². The lowest BCUT2D eigenvalue weighted by atomic mass is 10.1. The maximum absolute atomic E-state index is 12.1. The number of nitrogens with zero attached hydrogens (tertiary/aromatic N) is 3. The van der Waals surface area contributed by atoms with E-state index in [0.29, 0.717) is 22.0 Å².